The van der Waals surface area contributed by atoms with Gasteiger partial charge in [0, 0.05) is 12.6 Å². The highest BCUT2D eigenvalue weighted by molar-refractivity contribution is 7.92. The van der Waals surface area contributed by atoms with Crippen molar-refractivity contribution in [3.05, 3.63) is 59.2 Å². The molecule has 2 rings (SSSR count). The number of nitrogens with zero attached hydrogens (tertiary/aromatic N) is 1. The zero-order valence-electron chi connectivity index (χ0n) is 15.4. The van der Waals surface area contributed by atoms with E-state index in [1.54, 1.807) is 25.1 Å². The van der Waals surface area contributed by atoms with E-state index >= 15 is 0 Å². The first kappa shape index (κ1) is 19.8. The Hall–Kier alpha value is -2.54. The Labute approximate surface area is 154 Å². The number of aryl methyl sites for hydroxylation is 2. The summed E-state index contributed by atoms with van der Waals surface area (Å²) in [7, 11) is -1.86. The van der Waals surface area contributed by atoms with Crippen LogP contribution < -0.4 is 14.4 Å². The number of carbonyl (C=O) groups excluding carboxylic acids is 1. The number of hydrogen-bond acceptors (Lipinski definition) is 4. The molecule has 0 atom stereocenters. The molecule has 26 heavy (non-hydrogen) atoms. The second-order valence-electron chi connectivity index (χ2n) is 6.15. The number of ether oxygens (including phenoxy) is 1. The zero-order valence-corrected chi connectivity index (χ0v) is 16.3. The number of amides is 1. The fourth-order valence-corrected chi connectivity index (χ4v) is 2.96. The largest absolute Gasteiger partial charge is 0.492 e. The molecule has 2 aromatic rings. The quantitative estimate of drug-likeness (QED) is 0.754. The first-order valence-electron chi connectivity index (χ1n) is 8.20. The Morgan fingerprint density at radius 1 is 1.12 bits per heavy atom. The topological polar surface area (TPSA) is 75.7 Å². The second kappa shape index (κ2) is 8.23. The summed E-state index contributed by atoms with van der Waals surface area (Å²) in [6.07, 6.45) is 1.14. The molecule has 6 nitrogen and oxygen atoms in total. The maximum Gasteiger partial charge on any atom is 0.251 e. The molecule has 0 aliphatic carbocycles. The molecular weight excluding hydrogens is 352 g/mol. The highest BCUT2D eigenvalue weighted by atomic mass is 32.2. The molecule has 0 bridgehead atoms. The van der Waals surface area contributed by atoms with Crippen LogP contribution in [0.25, 0.3) is 0 Å². The average Bonchev–Trinajstić information content (AvgIpc) is 2.58. The van der Waals surface area contributed by atoms with Crippen LogP contribution in [0.4, 0.5) is 5.69 Å². The lowest BCUT2D eigenvalue weighted by atomic mass is 10.1. The van der Waals surface area contributed by atoms with Crippen LogP contribution in [0.5, 0.6) is 5.75 Å². The molecule has 1 amide bonds. The Balaban J connectivity index is 1.91. The summed E-state index contributed by atoms with van der Waals surface area (Å²) in [5.41, 5.74) is 2.89. The van der Waals surface area contributed by atoms with Crippen molar-refractivity contribution < 1.29 is 17.9 Å². The van der Waals surface area contributed by atoms with E-state index in [1.165, 1.54) is 11.4 Å². The van der Waals surface area contributed by atoms with Gasteiger partial charge in [-0.25, -0.2) is 8.42 Å². The molecule has 0 spiro atoms. The fraction of sp³-hybridized carbons (Fsp3) is 0.316. The lowest BCUT2D eigenvalue weighted by molar-refractivity contribution is 0.0947. The van der Waals surface area contributed by atoms with E-state index in [1.807, 2.05) is 31.2 Å². The molecular formula is C19H24N2O4S. The number of hydrogen-bond donors (Lipinski definition) is 1. The van der Waals surface area contributed by atoms with Gasteiger partial charge in [0.1, 0.15) is 12.4 Å². The number of anilines is 1. The van der Waals surface area contributed by atoms with Crippen molar-refractivity contribution in [3.63, 3.8) is 0 Å². The standard InChI is InChI=1S/C19H24N2O4S/c1-14-5-8-17(9-6-14)25-12-11-20-19(22)16-7-10-18(15(2)13-16)21(3)26(4,23)24/h5-10,13H,11-12H2,1-4H3,(H,20,22). The van der Waals surface area contributed by atoms with Crippen molar-refractivity contribution in [1.29, 1.82) is 0 Å². The van der Waals surface area contributed by atoms with Gasteiger partial charge in [-0.2, -0.15) is 0 Å². The minimum absolute atomic E-state index is 0.228. The molecule has 0 saturated carbocycles. The van der Waals surface area contributed by atoms with Gasteiger partial charge in [-0.05, 0) is 49.7 Å². The normalized spacial score (nSPS) is 11.1. The summed E-state index contributed by atoms with van der Waals surface area (Å²) >= 11 is 0. The number of carbonyl (C=O) groups is 1. The van der Waals surface area contributed by atoms with Gasteiger partial charge in [-0.15, -0.1) is 0 Å². The molecule has 1 N–H and O–H groups in total. The van der Waals surface area contributed by atoms with Gasteiger partial charge in [-0.3, -0.25) is 9.10 Å². The van der Waals surface area contributed by atoms with E-state index in [0.29, 0.717) is 30.0 Å². The van der Waals surface area contributed by atoms with Gasteiger partial charge in [0.2, 0.25) is 10.0 Å². The van der Waals surface area contributed by atoms with Crippen molar-refractivity contribution in [2.45, 2.75) is 13.8 Å². The number of nitrogens with one attached hydrogen (secondary N) is 1. The molecule has 0 radical (unpaired) electrons. The Morgan fingerprint density at radius 3 is 2.35 bits per heavy atom. The van der Waals surface area contributed by atoms with Crippen molar-refractivity contribution in [3.8, 4) is 5.75 Å². The van der Waals surface area contributed by atoms with Crippen LogP contribution in [0.2, 0.25) is 0 Å². The van der Waals surface area contributed by atoms with E-state index in [2.05, 4.69) is 5.32 Å². The van der Waals surface area contributed by atoms with Crippen LogP contribution in [-0.2, 0) is 10.0 Å². The minimum Gasteiger partial charge on any atom is -0.492 e. The summed E-state index contributed by atoms with van der Waals surface area (Å²) in [5, 5.41) is 2.79. The zero-order chi connectivity index (χ0) is 19.3. The summed E-state index contributed by atoms with van der Waals surface area (Å²) in [6.45, 7) is 4.51. The predicted molar refractivity (Wildman–Crippen MR) is 103 cm³/mol. The van der Waals surface area contributed by atoms with Crippen LogP contribution in [0.15, 0.2) is 42.5 Å². The lowest BCUT2D eigenvalue weighted by Gasteiger charge is -2.19. The van der Waals surface area contributed by atoms with Crippen molar-refractivity contribution in [2.24, 2.45) is 0 Å². The molecule has 7 heteroatoms. The van der Waals surface area contributed by atoms with Gasteiger partial charge in [-0.1, -0.05) is 17.7 Å². The van der Waals surface area contributed by atoms with E-state index in [-0.39, 0.29) is 5.91 Å². The molecule has 2 aromatic carbocycles. The maximum absolute atomic E-state index is 12.2. The molecule has 0 aliphatic rings. The lowest BCUT2D eigenvalue weighted by Crippen LogP contribution is -2.29. The first-order valence-corrected chi connectivity index (χ1v) is 10.1. The second-order valence-corrected chi connectivity index (χ2v) is 8.16. The smallest absolute Gasteiger partial charge is 0.251 e. The number of sulfonamides is 1. The van der Waals surface area contributed by atoms with Gasteiger partial charge in [0.15, 0.2) is 0 Å². The highest BCUT2D eigenvalue weighted by Crippen LogP contribution is 2.22. The third kappa shape index (κ3) is 5.23. The van der Waals surface area contributed by atoms with Gasteiger partial charge in [0.25, 0.3) is 5.91 Å². The monoisotopic (exact) mass is 376 g/mol. The number of benzene rings is 2. The van der Waals surface area contributed by atoms with Crippen LogP contribution in [-0.4, -0.2) is 40.8 Å². The average molecular weight is 376 g/mol. The van der Waals surface area contributed by atoms with Crippen LogP contribution in [0.3, 0.4) is 0 Å². The van der Waals surface area contributed by atoms with Crippen molar-refractivity contribution in [2.75, 3.05) is 30.8 Å². The van der Waals surface area contributed by atoms with Crippen molar-refractivity contribution in [1.82, 2.24) is 5.32 Å². The first-order chi connectivity index (χ1) is 12.2. The molecule has 0 unspecified atom stereocenters. The summed E-state index contributed by atoms with van der Waals surface area (Å²) in [4.78, 5) is 12.2. The van der Waals surface area contributed by atoms with E-state index in [0.717, 1.165) is 17.6 Å². The molecule has 0 aromatic heterocycles. The third-order valence-electron chi connectivity index (χ3n) is 3.97. The van der Waals surface area contributed by atoms with Gasteiger partial charge in [0.05, 0.1) is 18.5 Å². The SMILES string of the molecule is Cc1ccc(OCCNC(=O)c2ccc(N(C)S(C)(=O)=O)c(C)c2)cc1. The van der Waals surface area contributed by atoms with E-state index in [4.69, 9.17) is 4.74 Å². The summed E-state index contributed by atoms with van der Waals surface area (Å²) in [6, 6.07) is 12.6. The molecule has 0 aliphatic heterocycles. The Bertz CT molecular complexity index is 877. The maximum atomic E-state index is 12.2. The summed E-state index contributed by atoms with van der Waals surface area (Å²) in [5.74, 6) is 0.531. The Kier molecular flexibility index (Phi) is 6.26. The summed E-state index contributed by atoms with van der Waals surface area (Å²) < 4.78 is 30.1. The molecule has 0 heterocycles. The molecule has 140 valence electrons. The van der Waals surface area contributed by atoms with E-state index in [9.17, 15) is 13.2 Å². The Morgan fingerprint density at radius 2 is 1.77 bits per heavy atom. The number of rotatable bonds is 7. The highest BCUT2D eigenvalue weighted by Gasteiger charge is 2.15. The fourth-order valence-electron chi connectivity index (χ4n) is 2.40. The van der Waals surface area contributed by atoms with Crippen molar-refractivity contribution >= 4 is 21.6 Å². The molecule has 0 fully saturated rings. The third-order valence-corrected chi connectivity index (χ3v) is 5.16. The predicted octanol–water partition coefficient (Wildman–Crippen LogP) is 2.51. The van der Waals surface area contributed by atoms with Crippen LogP contribution in [0.1, 0.15) is 21.5 Å². The minimum atomic E-state index is -3.34. The van der Waals surface area contributed by atoms with Gasteiger partial charge < -0.3 is 10.1 Å². The van der Waals surface area contributed by atoms with Crippen LogP contribution in [0, 0.1) is 13.8 Å². The van der Waals surface area contributed by atoms with E-state index < -0.39 is 10.0 Å². The van der Waals surface area contributed by atoms with Gasteiger partial charge >= 0.3 is 0 Å². The molecule has 0 saturated heterocycles. The van der Waals surface area contributed by atoms with Crippen LogP contribution >= 0.6 is 0 Å².